The van der Waals surface area contributed by atoms with Crippen LogP contribution >= 0.6 is 14.3 Å². The molecular weight excluding hydrogens is 516 g/mol. The van der Waals surface area contributed by atoms with E-state index in [-0.39, 0.29) is 58.2 Å². The number of benzene rings is 4. The molecule has 0 aliphatic carbocycles. The second-order valence-electron chi connectivity index (χ2n) is 8.09. The van der Waals surface area contributed by atoms with Crippen LogP contribution < -0.4 is 79.4 Å². The summed E-state index contributed by atoms with van der Waals surface area (Å²) in [4.78, 5) is 0. The molecule has 4 rings (SSSR count). The smallest absolute Gasteiger partial charge is 0.316 e. The molecule has 0 atom stereocenters. The van der Waals surface area contributed by atoms with Gasteiger partial charge in [-0.3, -0.25) is 0 Å². The summed E-state index contributed by atoms with van der Waals surface area (Å²) in [6.45, 7) is 2.00. The predicted molar refractivity (Wildman–Crippen MR) is 138 cm³/mol. The van der Waals surface area contributed by atoms with Crippen LogP contribution in [-0.2, 0) is 9.13 Å². The molecule has 4 aromatic rings. The minimum atomic E-state index is -2.91. The van der Waals surface area contributed by atoms with Gasteiger partial charge in [0.15, 0.2) is 0 Å². The van der Waals surface area contributed by atoms with Gasteiger partial charge in [0, 0.05) is 21.2 Å². The van der Waals surface area contributed by atoms with Crippen molar-refractivity contribution in [3.8, 4) is 0 Å². The average molecular weight is 543 g/mol. The van der Waals surface area contributed by atoms with Gasteiger partial charge in [0.2, 0.25) is 0 Å². The first kappa shape index (κ1) is 26.7. The van der Waals surface area contributed by atoms with Gasteiger partial charge in [-0.05, 0) is 0 Å². The molecule has 2 nitrogen and oxygen atoms in total. The standard InChI is InChI=1S/C28H27O2P2.Rb/c1-24(22-31(29,25-14-6-2-7-15-25)26-16-8-3-9-17-26)23-32(30,27-18-10-4-11-19-27)28-20-12-5-13-21-28;/h2-21H,22-23H2,1H3;/q-1;+1. The van der Waals surface area contributed by atoms with Crippen molar-refractivity contribution < 1.29 is 67.3 Å². The Morgan fingerprint density at radius 3 is 0.909 bits per heavy atom. The molecule has 0 heterocycles. The maximum absolute atomic E-state index is 14.5. The molecule has 33 heavy (non-hydrogen) atoms. The largest absolute Gasteiger partial charge is 1.00 e. The number of rotatable bonds is 8. The summed E-state index contributed by atoms with van der Waals surface area (Å²) in [6, 6.07) is 38.7. The van der Waals surface area contributed by atoms with Crippen LogP contribution in [0.4, 0.5) is 0 Å². The maximum Gasteiger partial charge on any atom is 1.00 e. The molecule has 0 N–H and O–H groups in total. The number of hydrogen-bond acceptors (Lipinski definition) is 2. The summed E-state index contributed by atoms with van der Waals surface area (Å²) in [5.41, 5.74) is 0. The Morgan fingerprint density at radius 2 is 0.697 bits per heavy atom. The molecule has 0 spiro atoms. The normalized spacial score (nSPS) is 11.7. The van der Waals surface area contributed by atoms with E-state index in [0.717, 1.165) is 27.1 Å². The van der Waals surface area contributed by atoms with E-state index < -0.39 is 14.3 Å². The third-order valence-electron chi connectivity index (χ3n) is 5.68. The second-order valence-corrected chi connectivity index (χ2v) is 13.8. The zero-order valence-corrected chi connectivity index (χ0v) is 25.9. The van der Waals surface area contributed by atoms with E-state index >= 15 is 0 Å². The van der Waals surface area contributed by atoms with Gasteiger partial charge in [-0.2, -0.15) is 6.92 Å². The molecular formula is C28H27O2P2Rb. The van der Waals surface area contributed by atoms with Crippen molar-refractivity contribution in [2.45, 2.75) is 6.92 Å². The van der Waals surface area contributed by atoms with Crippen LogP contribution in [-0.4, -0.2) is 12.3 Å². The molecule has 0 aliphatic rings. The third kappa shape index (κ3) is 6.23. The van der Waals surface area contributed by atoms with Gasteiger partial charge in [0.05, 0.1) is 0 Å². The van der Waals surface area contributed by atoms with E-state index in [1.54, 1.807) is 0 Å². The Kier molecular flexibility index (Phi) is 9.90. The summed E-state index contributed by atoms with van der Waals surface area (Å²) < 4.78 is 29.0. The van der Waals surface area contributed by atoms with Crippen molar-refractivity contribution in [1.29, 1.82) is 0 Å². The molecule has 0 aliphatic heterocycles. The predicted octanol–water partition coefficient (Wildman–Crippen LogP) is 2.61. The molecule has 4 aromatic carbocycles. The van der Waals surface area contributed by atoms with E-state index in [0.29, 0.717) is 12.3 Å². The van der Waals surface area contributed by atoms with E-state index in [1.807, 2.05) is 128 Å². The van der Waals surface area contributed by atoms with E-state index in [9.17, 15) is 9.13 Å². The van der Waals surface area contributed by atoms with Crippen LogP contribution in [0.2, 0.25) is 0 Å². The van der Waals surface area contributed by atoms with Gasteiger partial charge in [-0.15, -0.1) is 12.3 Å². The topological polar surface area (TPSA) is 34.1 Å². The first-order chi connectivity index (χ1) is 15.5. The monoisotopic (exact) mass is 542 g/mol. The van der Waals surface area contributed by atoms with Crippen molar-refractivity contribution in [2.24, 2.45) is 0 Å². The maximum atomic E-state index is 14.5. The minimum Gasteiger partial charge on any atom is -0.316 e. The molecule has 162 valence electrons. The van der Waals surface area contributed by atoms with Crippen molar-refractivity contribution in [1.82, 2.24) is 0 Å². The summed E-state index contributed by atoms with van der Waals surface area (Å²) in [6.07, 6.45) is 0.787. The quantitative estimate of drug-likeness (QED) is 0.253. The fourth-order valence-corrected chi connectivity index (χ4v) is 10.0. The van der Waals surface area contributed by atoms with Crippen LogP contribution in [0.1, 0.15) is 6.92 Å². The van der Waals surface area contributed by atoms with Gasteiger partial charge < -0.3 is 15.0 Å². The van der Waals surface area contributed by atoms with Gasteiger partial charge in [0.1, 0.15) is 14.3 Å². The van der Waals surface area contributed by atoms with Crippen LogP contribution in [0.25, 0.3) is 0 Å². The van der Waals surface area contributed by atoms with Crippen molar-refractivity contribution in [3.05, 3.63) is 127 Å². The van der Waals surface area contributed by atoms with Crippen molar-refractivity contribution in [3.63, 3.8) is 0 Å². The fourth-order valence-electron chi connectivity index (χ4n) is 4.15. The summed E-state index contributed by atoms with van der Waals surface area (Å²) >= 11 is 0. The molecule has 0 unspecified atom stereocenters. The SMILES string of the molecule is C[C-](CP(=O)(c1ccccc1)c1ccccc1)CP(=O)(c1ccccc1)c1ccccc1.[Rb+]. The van der Waals surface area contributed by atoms with Crippen LogP contribution in [0, 0.1) is 5.92 Å². The van der Waals surface area contributed by atoms with Crippen LogP contribution in [0.15, 0.2) is 121 Å². The zero-order valence-electron chi connectivity index (χ0n) is 19.2. The van der Waals surface area contributed by atoms with Crippen molar-refractivity contribution >= 4 is 35.5 Å². The molecule has 0 amide bonds. The first-order valence-electron chi connectivity index (χ1n) is 10.7. The third-order valence-corrected chi connectivity index (χ3v) is 12.2. The zero-order chi connectivity index (χ0) is 22.4. The molecule has 0 bridgehead atoms. The van der Waals surface area contributed by atoms with Gasteiger partial charge in [0.25, 0.3) is 0 Å². The molecule has 0 saturated heterocycles. The average Bonchev–Trinajstić information content (AvgIpc) is 2.86. The van der Waals surface area contributed by atoms with Gasteiger partial charge >= 0.3 is 58.2 Å². The van der Waals surface area contributed by atoms with Gasteiger partial charge in [-0.25, -0.2) is 0 Å². The molecule has 0 fully saturated rings. The summed E-state index contributed by atoms with van der Waals surface area (Å²) in [5, 5.41) is 3.33. The van der Waals surface area contributed by atoms with Crippen LogP contribution in [0.3, 0.4) is 0 Å². The Labute approximate surface area is 246 Å². The van der Waals surface area contributed by atoms with E-state index in [4.69, 9.17) is 0 Å². The molecule has 0 aromatic heterocycles. The summed E-state index contributed by atoms with van der Waals surface area (Å²) in [7, 11) is -5.82. The Morgan fingerprint density at radius 1 is 0.485 bits per heavy atom. The molecule has 0 saturated carbocycles. The Balaban J connectivity index is 0.00000306. The van der Waals surface area contributed by atoms with E-state index in [2.05, 4.69) is 0 Å². The van der Waals surface area contributed by atoms with E-state index in [1.165, 1.54) is 0 Å². The van der Waals surface area contributed by atoms with Crippen LogP contribution in [0.5, 0.6) is 0 Å². The Hall–Kier alpha value is -0.855. The summed E-state index contributed by atoms with van der Waals surface area (Å²) in [5.74, 6) is 0.983. The first-order valence-corrected chi connectivity index (χ1v) is 14.5. The van der Waals surface area contributed by atoms with Crippen molar-refractivity contribution in [2.75, 3.05) is 12.3 Å². The second kappa shape index (κ2) is 12.2. The van der Waals surface area contributed by atoms with Gasteiger partial charge in [-0.1, -0.05) is 121 Å². The fraction of sp³-hybridized carbons (Fsp3) is 0.107. The Bertz CT molecular complexity index is 1040. The molecule has 0 radical (unpaired) electrons. The number of hydrogen-bond donors (Lipinski definition) is 0. The molecule has 5 heteroatoms. The minimum absolute atomic E-state index is 0.